The maximum absolute atomic E-state index is 12.8. The molecule has 2 heterocycles. The number of pyridine rings is 1. The number of furan rings is 1. The van der Waals surface area contributed by atoms with Crippen molar-refractivity contribution in [3.63, 3.8) is 0 Å². The molecule has 0 radical (unpaired) electrons. The minimum atomic E-state index is -0.197. The number of nitrogens with zero attached hydrogens (tertiary/aromatic N) is 2. The van der Waals surface area contributed by atoms with E-state index in [4.69, 9.17) is 9.15 Å². The minimum absolute atomic E-state index is 0.197. The van der Waals surface area contributed by atoms with Crippen LogP contribution < -0.4 is 10.1 Å². The summed E-state index contributed by atoms with van der Waals surface area (Å²) < 4.78 is 11.4. The smallest absolute Gasteiger partial charge is 0.259 e. The average Bonchev–Trinajstić information content (AvgIpc) is 3.00. The van der Waals surface area contributed by atoms with E-state index in [-0.39, 0.29) is 5.91 Å². The first-order valence-corrected chi connectivity index (χ1v) is 8.64. The fraction of sp³-hybridized carbons (Fsp3) is 0.300. The van der Waals surface area contributed by atoms with Gasteiger partial charge < -0.3 is 19.4 Å². The Labute approximate surface area is 152 Å². The highest BCUT2D eigenvalue weighted by Crippen LogP contribution is 2.27. The number of likely N-dealkylation sites (N-methyl/N-ethyl adjacent to an activating group) is 1. The predicted molar refractivity (Wildman–Crippen MR) is 102 cm³/mol. The standard InChI is InChI=1S/C20H23N3O3/c1-4-16-19(15-7-5-6-8-17(15)26-16)20(24)22-14-9-10-21-18(13-14)25-12-11-23(2)3/h5-10,13H,4,11-12H2,1-3H3,(H,21,22,24). The number of para-hydroxylation sites is 1. The molecule has 3 rings (SSSR count). The van der Waals surface area contributed by atoms with Gasteiger partial charge in [-0.3, -0.25) is 4.79 Å². The fourth-order valence-electron chi connectivity index (χ4n) is 2.69. The van der Waals surface area contributed by atoms with Gasteiger partial charge in [-0.25, -0.2) is 4.98 Å². The lowest BCUT2D eigenvalue weighted by Gasteiger charge is -2.11. The molecule has 0 saturated carbocycles. The molecule has 26 heavy (non-hydrogen) atoms. The molecule has 1 aromatic carbocycles. The molecule has 2 aromatic heterocycles. The number of rotatable bonds is 7. The largest absolute Gasteiger partial charge is 0.476 e. The Morgan fingerprint density at radius 2 is 2.08 bits per heavy atom. The molecular weight excluding hydrogens is 330 g/mol. The molecule has 136 valence electrons. The second-order valence-corrected chi connectivity index (χ2v) is 6.24. The Bertz CT molecular complexity index is 902. The van der Waals surface area contributed by atoms with E-state index in [0.717, 1.165) is 17.5 Å². The van der Waals surface area contributed by atoms with Crippen LogP contribution in [0.4, 0.5) is 5.69 Å². The number of amides is 1. The van der Waals surface area contributed by atoms with E-state index in [1.54, 1.807) is 18.3 Å². The summed E-state index contributed by atoms with van der Waals surface area (Å²) in [5.41, 5.74) is 1.93. The van der Waals surface area contributed by atoms with Gasteiger partial charge in [0.05, 0.1) is 5.56 Å². The molecule has 6 nitrogen and oxygen atoms in total. The second kappa shape index (κ2) is 8.01. The van der Waals surface area contributed by atoms with Crippen molar-refractivity contribution in [3.05, 3.63) is 53.9 Å². The molecule has 1 N–H and O–H groups in total. The van der Waals surface area contributed by atoms with E-state index in [1.165, 1.54) is 0 Å². The van der Waals surface area contributed by atoms with Crippen LogP contribution in [-0.2, 0) is 6.42 Å². The highest BCUT2D eigenvalue weighted by Gasteiger charge is 2.19. The van der Waals surface area contributed by atoms with E-state index >= 15 is 0 Å². The molecule has 0 saturated heterocycles. The van der Waals surface area contributed by atoms with Crippen LogP contribution in [0.1, 0.15) is 23.0 Å². The monoisotopic (exact) mass is 353 g/mol. The highest BCUT2D eigenvalue weighted by atomic mass is 16.5. The molecule has 0 bridgehead atoms. The van der Waals surface area contributed by atoms with Crippen LogP contribution in [0.15, 0.2) is 47.0 Å². The number of hydrogen-bond donors (Lipinski definition) is 1. The zero-order valence-corrected chi connectivity index (χ0v) is 15.3. The maximum Gasteiger partial charge on any atom is 0.259 e. The average molecular weight is 353 g/mol. The normalized spacial score (nSPS) is 11.1. The van der Waals surface area contributed by atoms with Gasteiger partial charge in [0.2, 0.25) is 5.88 Å². The first kappa shape index (κ1) is 17.9. The van der Waals surface area contributed by atoms with E-state index in [0.29, 0.717) is 35.9 Å². The van der Waals surface area contributed by atoms with Gasteiger partial charge in [-0.2, -0.15) is 0 Å². The zero-order valence-electron chi connectivity index (χ0n) is 15.3. The zero-order chi connectivity index (χ0) is 18.5. The SMILES string of the molecule is CCc1oc2ccccc2c1C(=O)Nc1ccnc(OCCN(C)C)c1. The Morgan fingerprint density at radius 3 is 2.85 bits per heavy atom. The van der Waals surface area contributed by atoms with Crippen LogP contribution in [0.3, 0.4) is 0 Å². The molecule has 1 amide bonds. The molecular formula is C20H23N3O3. The third-order valence-corrected chi connectivity index (χ3v) is 4.00. The lowest BCUT2D eigenvalue weighted by molar-refractivity contribution is 0.102. The Morgan fingerprint density at radius 1 is 1.27 bits per heavy atom. The number of ether oxygens (including phenoxy) is 1. The fourth-order valence-corrected chi connectivity index (χ4v) is 2.69. The molecule has 0 fully saturated rings. The lowest BCUT2D eigenvalue weighted by atomic mass is 10.1. The summed E-state index contributed by atoms with van der Waals surface area (Å²) in [6.45, 7) is 3.29. The third-order valence-electron chi connectivity index (χ3n) is 4.00. The molecule has 0 aliphatic rings. The Hall–Kier alpha value is -2.86. The molecule has 0 spiro atoms. The quantitative estimate of drug-likeness (QED) is 0.703. The van der Waals surface area contributed by atoms with Crippen LogP contribution in [0.25, 0.3) is 11.0 Å². The first-order valence-electron chi connectivity index (χ1n) is 8.64. The molecule has 0 unspecified atom stereocenters. The van der Waals surface area contributed by atoms with E-state index in [1.807, 2.05) is 50.2 Å². The van der Waals surface area contributed by atoms with Crippen LogP contribution in [-0.4, -0.2) is 43.0 Å². The number of aromatic nitrogens is 1. The van der Waals surface area contributed by atoms with E-state index in [2.05, 4.69) is 10.3 Å². The summed E-state index contributed by atoms with van der Waals surface area (Å²) in [6.07, 6.45) is 2.27. The first-order chi connectivity index (χ1) is 12.6. The van der Waals surface area contributed by atoms with Crippen molar-refractivity contribution < 1.29 is 13.9 Å². The summed E-state index contributed by atoms with van der Waals surface area (Å²) in [5, 5.41) is 3.74. The van der Waals surface area contributed by atoms with Crippen LogP contribution >= 0.6 is 0 Å². The second-order valence-electron chi connectivity index (χ2n) is 6.24. The number of fused-ring (bicyclic) bond motifs is 1. The molecule has 0 atom stereocenters. The van der Waals surface area contributed by atoms with E-state index in [9.17, 15) is 4.79 Å². The van der Waals surface area contributed by atoms with Crippen molar-refractivity contribution in [2.75, 3.05) is 32.6 Å². The molecule has 0 aliphatic carbocycles. The summed E-state index contributed by atoms with van der Waals surface area (Å²) >= 11 is 0. The van der Waals surface area contributed by atoms with Gasteiger partial charge in [0.1, 0.15) is 18.0 Å². The Kier molecular flexibility index (Phi) is 5.53. The topological polar surface area (TPSA) is 67.6 Å². The summed E-state index contributed by atoms with van der Waals surface area (Å²) in [5.74, 6) is 0.967. The van der Waals surface area contributed by atoms with Gasteiger partial charge in [0.25, 0.3) is 5.91 Å². The highest BCUT2D eigenvalue weighted by molar-refractivity contribution is 6.13. The van der Waals surface area contributed by atoms with Gasteiger partial charge in [-0.1, -0.05) is 25.1 Å². The third kappa shape index (κ3) is 4.03. The van der Waals surface area contributed by atoms with Crippen molar-refractivity contribution in [2.24, 2.45) is 0 Å². The maximum atomic E-state index is 12.8. The lowest BCUT2D eigenvalue weighted by Crippen LogP contribution is -2.19. The van der Waals surface area contributed by atoms with Crippen molar-refractivity contribution in [3.8, 4) is 5.88 Å². The van der Waals surface area contributed by atoms with E-state index < -0.39 is 0 Å². The van der Waals surface area contributed by atoms with Crippen LogP contribution in [0.2, 0.25) is 0 Å². The van der Waals surface area contributed by atoms with Crippen LogP contribution in [0, 0.1) is 0 Å². The Balaban J connectivity index is 1.78. The van der Waals surface area contributed by atoms with Crippen molar-refractivity contribution in [2.45, 2.75) is 13.3 Å². The number of carbonyl (C=O) groups excluding carboxylic acids is 1. The van der Waals surface area contributed by atoms with Crippen LogP contribution in [0.5, 0.6) is 5.88 Å². The van der Waals surface area contributed by atoms with Gasteiger partial charge >= 0.3 is 0 Å². The number of hydrogen-bond acceptors (Lipinski definition) is 5. The van der Waals surface area contributed by atoms with Crippen molar-refractivity contribution in [1.82, 2.24) is 9.88 Å². The van der Waals surface area contributed by atoms with Gasteiger partial charge in [-0.15, -0.1) is 0 Å². The number of nitrogens with one attached hydrogen (secondary N) is 1. The molecule has 0 aliphatic heterocycles. The summed E-state index contributed by atoms with van der Waals surface area (Å²) in [7, 11) is 3.96. The minimum Gasteiger partial charge on any atom is -0.476 e. The van der Waals surface area contributed by atoms with Crippen molar-refractivity contribution in [1.29, 1.82) is 0 Å². The summed E-state index contributed by atoms with van der Waals surface area (Å²) in [4.78, 5) is 19.1. The predicted octanol–water partition coefficient (Wildman–Crippen LogP) is 3.58. The van der Waals surface area contributed by atoms with Crippen molar-refractivity contribution >= 4 is 22.6 Å². The van der Waals surface area contributed by atoms with Gasteiger partial charge in [0, 0.05) is 36.3 Å². The number of anilines is 1. The molecule has 3 aromatic rings. The number of aryl methyl sites for hydroxylation is 1. The molecule has 6 heteroatoms. The summed E-state index contributed by atoms with van der Waals surface area (Å²) in [6, 6.07) is 11.0. The number of carbonyl (C=O) groups is 1. The van der Waals surface area contributed by atoms with Gasteiger partial charge in [-0.05, 0) is 26.2 Å². The number of benzene rings is 1. The van der Waals surface area contributed by atoms with Gasteiger partial charge in [0.15, 0.2) is 0 Å².